The lowest BCUT2D eigenvalue weighted by atomic mass is 9.58. The normalized spacial score (nSPS) is 24.0. The highest BCUT2D eigenvalue weighted by Crippen LogP contribution is 2.61. The SMILES string of the molecule is Cc1c(-c2cc(N3C(=O)C4CC5C(=CCn6c(=O)n(C)c(=O)n65)C(c5ccc(CO)o5)C4(C)C3=O)n(C)n2)sc2ccc(Cl)cc12. The number of aryl methyl sites for hydroxylation is 2. The average molecular weight is 661 g/mol. The smallest absolute Gasteiger partial charge is 0.347 e. The average Bonchev–Trinajstić information content (AvgIpc) is 3.82. The van der Waals surface area contributed by atoms with Crippen molar-refractivity contribution in [2.45, 2.75) is 45.4 Å². The molecule has 1 saturated carbocycles. The second-order valence-electron chi connectivity index (χ2n) is 12.4. The number of fused-ring (bicyclic) bond motifs is 5. The summed E-state index contributed by atoms with van der Waals surface area (Å²) in [4.78, 5) is 57.5. The van der Waals surface area contributed by atoms with Crippen LogP contribution >= 0.6 is 22.9 Å². The summed E-state index contributed by atoms with van der Waals surface area (Å²) < 4.78 is 12.4. The molecule has 2 fully saturated rings. The van der Waals surface area contributed by atoms with Gasteiger partial charge in [-0.25, -0.2) is 28.4 Å². The lowest BCUT2D eigenvalue weighted by Crippen LogP contribution is -2.49. The Morgan fingerprint density at radius 3 is 2.63 bits per heavy atom. The lowest BCUT2D eigenvalue weighted by Gasteiger charge is -2.45. The topological polar surface area (TPSA) is 138 Å². The number of rotatable bonds is 4. The Bertz CT molecular complexity index is 2300. The highest BCUT2D eigenvalue weighted by atomic mass is 35.5. The maximum Gasteiger partial charge on any atom is 0.347 e. The minimum atomic E-state index is -1.29. The molecule has 0 bridgehead atoms. The molecule has 46 heavy (non-hydrogen) atoms. The number of carbonyl (C=O) groups is 2. The number of aliphatic hydroxyl groups is 1. The second-order valence-corrected chi connectivity index (χ2v) is 13.9. The Kier molecular flexibility index (Phi) is 6.15. The van der Waals surface area contributed by atoms with Gasteiger partial charge in [-0.15, -0.1) is 11.3 Å². The van der Waals surface area contributed by atoms with E-state index in [4.69, 9.17) is 21.1 Å². The van der Waals surface area contributed by atoms with Crippen LogP contribution in [0.15, 0.2) is 62.1 Å². The van der Waals surface area contributed by atoms with Gasteiger partial charge in [-0.05, 0) is 67.1 Å². The predicted molar refractivity (Wildman–Crippen MR) is 171 cm³/mol. The number of hydrogen-bond donors (Lipinski definition) is 1. The van der Waals surface area contributed by atoms with Gasteiger partial charge in [0.25, 0.3) is 0 Å². The van der Waals surface area contributed by atoms with Gasteiger partial charge < -0.3 is 9.52 Å². The van der Waals surface area contributed by atoms with Crippen LogP contribution < -0.4 is 16.3 Å². The molecule has 1 aliphatic carbocycles. The van der Waals surface area contributed by atoms with Crippen molar-refractivity contribution >= 4 is 50.7 Å². The molecule has 3 aliphatic rings. The zero-order valence-electron chi connectivity index (χ0n) is 25.4. The first-order valence-electron chi connectivity index (χ1n) is 14.8. The number of benzene rings is 1. The fourth-order valence-corrected chi connectivity index (χ4v) is 9.07. The summed E-state index contributed by atoms with van der Waals surface area (Å²) in [5.41, 5.74) is 0.1000. The first kappa shape index (κ1) is 29.0. The Labute approximate surface area is 270 Å². The number of anilines is 1. The zero-order chi connectivity index (χ0) is 32.4. The highest BCUT2D eigenvalue weighted by molar-refractivity contribution is 7.22. The van der Waals surface area contributed by atoms with Crippen molar-refractivity contribution in [2.75, 3.05) is 4.90 Å². The fourth-order valence-electron chi connectivity index (χ4n) is 7.76. The molecule has 4 aromatic heterocycles. The van der Waals surface area contributed by atoms with Crippen LogP contribution in [0.4, 0.5) is 5.82 Å². The summed E-state index contributed by atoms with van der Waals surface area (Å²) in [5.74, 6) is -1.37. The number of allylic oxidation sites excluding steroid dienone is 2. The molecule has 12 nitrogen and oxygen atoms in total. The van der Waals surface area contributed by atoms with Crippen molar-refractivity contribution in [3.63, 3.8) is 0 Å². The van der Waals surface area contributed by atoms with E-state index >= 15 is 0 Å². The summed E-state index contributed by atoms with van der Waals surface area (Å²) >= 11 is 7.83. The fraction of sp³-hybridized carbons (Fsp3) is 0.344. The van der Waals surface area contributed by atoms with Gasteiger partial charge in [-0.2, -0.15) is 5.10 Å². The Hall–Kier alpha value is -4.46. The number of halogens is 1. The second kappa shape index (κ2) is 9.77. The van der Waals surface area contributed by atoms with E-state index in [-0.39, 0.29) is 19.6 Å². The van der Waals surface area contributed by atoms with E-state index in [0.29, 0.717) is 28.1 Å². The molecule has 0 spiro atoms. The summed E-state index contributed by atoms with van der Waals surface area (Å²) in [6.45, 7) is 3.55. The van der Waals surface area contributed by atoms with Crippen molar-refractivity contribution in [3.05, 3.63) is 91.1 Å². The van der Waals surface area contributed by atoms with Crippen LogP contribution in [0.3, 0.4) is 0 Å². The maximum absolute atomic E-state index is 14.7. The number of furan rings is 1. The lowest BCUT2D eigenvalue weighted by molar-refractivity contribution is -0.129. The van der Waals surface area contributed by atoms with Crippen LogP contribution in [0.25, 0.3) is 20.7 Å². The third-order valence-corrected chi connectivity index (χ3v) is 11.6. The van der Waals surface area contributed by atoms with E-state index < -0.39 is 46.5 Å². The molecule has 8 rings (SSSR count). The monoisotopic (exact) mass is 660 g/mol. The minimum Gasteiger partial charge on any atom is -0.463 e. The first-order valence-corrected chi connectivity index (χ1v) is 16.0. The number of carbonyl (C=O) groups excluding carboxylic acids is 2. The van der Waals surface area contributed by atoms with Crippen LogP contribution in [0, 0.1) is 18.3 Å². The quantitative estimate of drug-likeness (QED) is 0.228. The van der Waals surface area contributed by atoms with Gasteiger partial charge in [0.1, 0.15) is 29.6 Å². The van der Waals surface area contributed by atoms with Crippen LogP contribution in [0.2, 0.25) is 5.02 Å². The van der Waals surface area contributed by atoms with Crippen LogP contribution in [0.1, 0.15) is 42.4 Å². The third kappa shape index (κ3) is 3.67. The highest BCUT2D eigenvalue weighted by Gasteiger charge is 2.66. The molecule has 1 N–H and O–H groups in total. The van der Waals surface area contributed by atoms with Gasteiger partial charge in [-0.1, -0.05) is 17.7 Å². The zero-order valence-corrected chi connectivity index (χ0v) is 26.9. The number of nitrogens with zero attached hydrogens (tertiary/aromatic N) is 6. The number of thiophene rings is 1. The molecule has 6 heterocycles. The molecule has 14 heteroatoms. The van der Waals surface area contributed by atoms with Crippen LogP contribution in [0.5, 0.6) is 0 Å². The van der Waals surface area contributed by atoms with Gasteiger partial charge in [-0.3, -0.25) is 14.3 Å². The Morgan fingerprint density at radius 2 is 1.89 bits per heavy atom. The van der Waals surface area contributed by atoms with E-state index in [9.17, 15) is 24.3 Å². The molecule has 1 aromatic carbocycles. The van der Waals surface area contributed by atoms with Crippen LogP contribution in [-0.4, -0.2) is 40.6 Å². The van der Waals surface area contributed by atoms with E-state index in [1.54, 1.807) is 48.2 Å². The van der Waals surface area contributed by atoms with Gasteiger partial charge in [0, 0.05) is 29.9 Å². The van der Waals surface area contributed by atoms with Crippen molar-refractivity contribution in [1.82, 2.24) is 23.7 Å². The molecule has 0 radical (unpaired) electrons. The predicted octanol–water partition coefficient (Wildman–Crippen LogP) is 3.88. The molecule has 2 aliphatic heterocycles. The Balaban J connectivity index is 1.27. The molecule has 5 aromatic rings. The third-order valence-electron chi connectivity index (χ3n) is 10.1. The van der Waals surface area contributed by atoms with Crippen molar-refractivity contribution in [1.29, 1.82) is 0 Å². The number of aromatic nitrogens is 5. The van der Waals surface area contributed by atoms with Gasteiger partial charge in [0.05, 0.1) is 34.7 Å². The number of imide groups is 1. The molecule has 4 unspecified atom stereocenters. The first-order chi connectivity index (χ1) is 21.9. The largest absolute Gasteiger partial charge is 0.463 e. The summed E-state index contributed by atoms with van der Waals surface area (Å²) in [7, 11) is 3.12. The summed E-state index contributed by atoms with van der Waals surface area (Å²) in [6.07, 6.45) is 2.00. The van der Waals surface area contributed by atoms with Crippen molar-refractivity contribution in [3.8, 4) is 10.6 Å². The van der Waals surface area contributed by atoms with E-state index in [2.05, 4.69) is 0 Å². The van der Waals surface area contributed by atoms with E-state index in [1.807, 2.05) is 31.2 Å². The Morgan fingerprint density at radius 1 is 1.11 bits per heavy atom. The van der Waals surface area contributed by atoms with Crippen molar-refractivity contribution in [2.24, 2.45) is 25.4 Å². The van der Waals surface area contributed by atoms with Crippen molar-refractivity contribution < 1.29 is 19.1 Å². The molecule has 1 saturated heterocycles. The van der Waals surface area contributed by atoms with Crippen LogP contribution in [-0.2, 0) is 36.8 Å². The van der Waals surface area contributed by atoms with Gasteiger partial charge in [0.2, 0.25) is 11.8 Å². The van der Waals surface area contributed by atoms with Gasteiger partial charge >= 0.3 is 11.4 Å². The number of aliphatic hydroxyl groups excluding tert-OH is 1. The summed E-state index contributed by atoms with van der Waals surface area (Å²) in [6, 6.07) is 10.2. The number of amides is 2. The van der Waals surface area contributed by atoms with Gasteiger partial charge in [0.15, 0.2) is 0 Å². The van der Waals surface area contributed by atoms with E-state index in [1.165, 1.54) is 21.3 Å². The minimum absolute atomic E-state index is 0.127. The molecular formula is C32H29ClN6O6S. The van der Waals surface area contributed by atoms with E-state index in [0.717, 1.165) is 30.7 Å². The maximum atomic E-state index is 14.7. The molecule has 4 atom stereocenters. The molecule has 2 amide bonds. The molecular weight excluding hydrogens is 632 g/mol. The standard InChI is InChI=1S/C32H29ClN6O6S/c1-15-19-11-16(33)5-8-24(19)46-27(15)21-13-25(36(4)34-21)38-28(41)20-12-22-18(9-10-37-30(43)35(3)31(44)39(22)37)26(32(20,2)29(38)42)23-7-6-17(14-40)45-23/h5-9,11,13,20,22,26,40H,10,12,14H2,1-4H3. The number of hydrogen-bond acceptors (Lipinski definition) is 8. The molecule has 236 valence electrons. The summed E-state index contributed by atoms with van der Waals surface area (Å²) in [5, 5.41) is 16.2.